The Balaban J connectivity index is 2.26. The van der Waals surface area contributed by atoms with E-state index >= 15 is 0 Å². The molecule has 4 heteroatoms. The van der Waals surface area contributed by atoms with Gasteiger partial charge in [0.15, 0.2) is 0 Å². The van der Waals surface area contributed by atoms with Crippen LogP contribution in [0.1, 0.15) is 40.7 Å². The maximum atomic E-state index is 12.4. The summed E-state index contributed by atoms with van der Waals surface area (Å²) in [7, 11) is 0. The van der Waals surface area contributed by atoms with Crippen molar-refractivity contribution >= 4 is 11.9 Å². The number of carbonyl (C=O) groups is 2. The predicted molar refractivity (Wildman–Crippen MR) is 72.2 cm³/mol. The summed E-state index contributed by atoms with van der Waals surface area (Å²) in [5.74, 6) is -1.08. The molecule has 1 aromatic carbocycles. The van der Waals surface area contributed by atoms with Gasteiger partial charge in [-0.2, -0.15) is 0 Å². The average molecular weight is 261 g/mol. The fourth-order valence-corrected chi connectivity index (χ4v) is 2.47. The number of piperidine rings is 1. The lowest BCUT2D eigenvalue weighted by Gasteiger charge is -2.33. The molecule has 1 heterocycles. The minimum absolute atomic E-state index is 0.171. The standard InChI is InChI=1S/C15H19NO3/c1-10-6-7-12(9-11(10)2)14(17)16-8-4-3-5-13(16)15(18)19/h6-7,9,13H,3-5,8H2,1-2H3,(H,18,19)/t13-/m1/s1. The number of nitrogens with zero attached hydrogens (tertiary/aromatic N) is 1. The highest BCUT2D eigenvalue weighted by Crippen LogP contribution is 2.21. The number of benzene rings is 1. The lowest BCUT2D eigenvalue weighted by molar-refractivity contribution is -0.143. The number of carbonyl (C=O) groups excluding carboxylic acids is 1. The summed E-state index contributed by atoms with van der Waals surface area (Å²) < 4.78 is 0. The Bertz CT molecular complexity index is 510. The van der Waals surface area contributed by atoms with Gasteiger partial charge < -0.3 is 10.0 Å². The molecule has 0 unspecified atom stereocenters. The van der Waals surface area contributed by atoms with Crippen molar-refractivity contribution in [1.82, 2.24) is 4.90 Å². The summed E-state index contributed by atoms with van der Waals surface area (Å²) in [6, 6.07) is 4.84. The molecule has 1 N–H and O–H groups in total. The van der Waals surface area contributed by atoms with E-state index in [1.807, 2.05) is 26.0 Å². The second-order valence-corrected chi connectivity index (χ2v) is 5.15. The number of carboxylic acid groups (broad SMARTS) is 1. The van der Waals surface area contributed by atoms with Crippen molar-refractivity contribution in [3.05, 3.63) is 34.9 Å². The summed E-state index contributed by atoms with van der Waals surface area (Å²) in [6.07, 6.45) is 2.29. The summed E-state index contributed by atoms with van der Waals surface area (Å²) in [6.45, 7) is 4.48. The molecule has 1 saturated heterocycles. The van der Waals surface area contributed by atoms with Gasteiger partial charge in [-0.3, -0.25) is 4.79 Å². The Labute approximate surface area is 113 Å². The maximum Gasteiger partial charge on any atom is 0.326 e. The number of hydrogen-bond donors (Lipinski definition) is 1. The van der Waals surface area contributed by atoms with Crippen LogP contribution in [-0.2, 0) is 4.79 Å². The molecule has 0 aromatic heterocycles. The molecular formula is C15H19NO3. The third-order valence-electron chi connectivity index (χ3n) is 3.80. The summed E-state index contributed by atoms with van der Waals surface area (Å²) in [5, 5.41) is 9.21. The normalized spacial score (nSPS) is 19.3. The molecule has 0 spiro atoms. The van der Waals surface area contributed by atoms with Crippen molar-refractivity contribution < 1.29 is 14.7 Å². The van der Waals surface area contributed by atoms with E-state index in [0.717, 1.165) is 24.0 Å². The van der Waals surface area contributed by atoms with E-state index < -0.39 is 12.0 Å². The van der Waals surface area contributed by atoms with E-state index in [9.17, 15) is 14.7 Å². The first kappa shape index (κ1) is 13.6. The number of likely N-dealkylation sites (tertiary alicyclic amines) is 1. The molecule has 1 aliphatic rings. The van der Waals surface area contributed by atoms with Crippen LogP contribution >= 0.6 is 0 Å². The third-order valence-corrected chi connectivity index (χ3v) is 3.80. The molecule has 4 nitrogen and oxygen atoms in total. The van der Waals surface area contributed by atoms with Crippen LogP contribution in [0.3, 0.4) is 0 Å². The molecule has 1 atom stereocenters. The van der Waals surface area contributed by atoms with Gasteiger partial charge >= 0.3 is 5.97 Å². The summed E-state index contributed by atoms with van der Waals surface area (Å²) >= 11 is 0. The number of carboxylic acids is 1. The lowest BCUT2D eigenvalue weighted by atomic mass is 9.99. The number of amides is 1. The second-order valence-electron chi connectivity index (χ2n) is 5.15. The Hall–Kier alpha value is -1.84. The fourth-order valence-electron chi connectivity index (χ4n) is 2.47. The molecule has 0 aliphatic carbocycles. The Morgan fingerprint density at radius 3 is 2.58 bits per heavy atom. The number of aliphatic carboxylic acids is 1. The van der Waals surface area contributed by atoms with E-state index in [2.05, 4.69) is 0 Å². The molecule has 102 valence electrons. The minimum Gasteiger partial charge on any atom is -0.480 e. The van der Waals surface area contributed by atoms with Gasteiger partial charge in [0.2, 0.25) is 0 Å². The summed E-state index contributed by atoms with van der Waals surface area (Å²) in [4.78, 5) is 25.2. The molecule has 0 saturated carbocycles. The molecule has 1 amide bonds. The van der Waals surface area contributed by atoms with Gasteiger partial charge in [-0.1, -0.05) is 6.07 Å². The third kappa shape index (κ3) is 2.78. The van der Waals surface area contributed by atoms with E-state index in [4.69, 9.17) is 0 Å². The number of hydrogen-bond acceptors (Lipinski definition) is 2. The van der Waals surface area contributed by atoms with Gasteiger partial charge in [-0.05, 0) is 56.4 Å². The highest BCUT2D eigenvalue weighted by atomic mass is 16.4. The predicted octanol–water partition coefficient (Wildman–Crippen LogP) is 2.38. The van der Waals surface area contributed by atoms with Crippen LogP contribution in [0.4, 0.5) is 0 Å². The Morgan fingerprint density at radius 1 is 1.21 bits per heavy atom. The number of aryl methyl sites for hydroxylation is 2. The minimum atomic E-state index is -0.906. The first-order chi connectivity index (χ1) is 9.00. The number of rotatable bonds is 2. The van der Waals surface area contributed by atoms with Gasteiger partial charge in [0.05, 0.1) is 0 Å². The molecule has 0 bridgehead atoms. The van der Waals surface area contributed by atoms with Crippen LogP contribution in [0.25, 0.3) is 0 Å². The van der Waals surface area contributed by atoms with Crippen molar-refractivity contribution in [3.8, 4) is 0 Å². The molecular weight excluding hydrogens is 242 g/mol. The quantitative estimate of drug-likeness (QED) is 0.889. The zero-order valence-electron chi connectivity index (χ0n) is 11.3. The Morgan fingerprint density at radius 2 is 1.95 bits per heavy atom. The highest BCUT2D eigenvalue weighted by Gasteiger charge is 2.32. The first-order valence-electron chi connectivity index (χ1n) is 6.61. The van der Waals surface area contributed by atoms with Crippen molar-refractivity contribution in [2.75, 3.05) is 6.54 Å². The maximum absolute atomic E-state index is 12.4. The van der Waals surface area contributed by atoms with Crippen molar-refractivity contribution in [2.24, 2.45) is 0 Å². The largest absolute Gasteiger partial charge is 0.480 e. The van der Waals surface area contributed by atoms with E-state index in [1.54, 1.807) is 6.07 Å². The molecule has 1 aromatic rings. The average Bonchev–Trinajstić information content (AvgIpc) is 2.41. The zero-order chi connectivity index (χ0) is 14.0. The van der Waals surface area contributed by atoms with E-state index in [1.165, 1.54) is 4.90 Å². The first-order valence-corrected chi connectivity index (χ1v) is 6.61. The van der Waals surface area contributed by atoms with E-state index in [0.29, 0.717) is 18.5 Å². The molecule has 1 fully saturated rings. The van der Waals surface area contributed by atoms with Crippen LogP contribution in [0.5, 0.6) is 0 Å². The van der Waals surface area contributed by atoms with Gasteiger partial charge in [0.1, 0.15) is 6.04 Å². The van der Waals surface area contributed by atoms with Gasteiger partial charge in [-0.15, -0.1) is 0 Å². The van der Waals surface area contributed by atoms with Crippen molar-refractivity contribution in [3.63, 3.8) is 0 Å². The van der Waals surface area contributed by atoms with E-state index in [-0.39, 0.29) is 5.91 Å². The van der Waals surface area contributed by atoms with Crippen molar-refractivity contribution in [1.29, 1.82) is 0 Å². The lowest BCUT2D eigenvalue weighted by Crippen LogP contribution is -2.48. The van der Waals surface area contributed by atoms with Crippen LogP contribution in [-0.4, -0.2) is 34.5 Å². The zero-order valence-corrected chi connectivity index (χ0v) is 11.3. The SMILES string of the molecule is Cc1ccc(C(=O)N2CCCC[C@@H]2C(=O)O)cc1C. The van der Waals surface area contributed by atoms with Crippen LogP contribution in [0.2, 0.25) is 0 Å². The van der Waals surface area contributed by atoms with Crippen LogP contribution < -0.4 is 0 Å². The molecule has 2 rings (SSSR count). The topological polar surface area (TPSA) is 57.6 Å². The van der Waals surface area contributed by atoms with Crippen LogP contribution in [0.15, 0.2) is 18.2 Å². The highest BCUT2D eigenvalue weighted by molar-refractivity contribution is 5.97. The molecule has 1 aliphatic heterocycles. The van der Waals surface area contributed by atoms with Gasteiger partial charge in [0.25, 0.3) is 5.91 Å². The van der Waals surface area contributed by atoms with Crippen LogP contribution in [0, 0.1) is 13.8 Å². The molecule has 19 heavy (non-hydrogen) atoms. The fraction of sp³-hybridized carbons (Fsp3) is 0.467. The van der Waals surface area contributed by atoms with Gasteiger partial charge in [-0.25, -0.2) is 4.79 Å². The smallest absolute Gasteiger partial charge is 0.326 e. The second kappa shape index (κ2) is 5.43. The molecule has 0 radical (unpaired) electrons. The summed E-state index contributed by atoms with van der Waals surface area (Å²) in [5.41, 5.74) is 2.76. The Kier molecular flexibility index (Phi) is 3.88. The monoisotopic (exact) mass is 261 g/mol. The van der Waals surface area contributed by atoms with Crippen molar-refractivity contribution in [2.45, 2.75) is 39.2 Å². The van der Waals surface area contributed by atoms with Gasteiger partial charge in [0, 0.05) is 12.1 Å².